The SMILES string of the molecule is Cc1ccc(C)c(CC(=O)N(Cc2cccc(Cl)c2)[C@@H](Cc2ccccc2)C(=O)NCC(C)C)c1. The number of carbonyl (C=O) groups is 2. The molecule has 2 amide bonds. The number of nitrogens with zero attached hydrogens (tertiary/aromatic N) is 1. The molecule has 0 aliphatic heterocycles. The van der Waals surface area contributed by atoms with Crippen LogP contribution in [0.4, 0.5) is 0 Å². The fourth-order valence-electron chi connectivity index (χ4n) is 4.06. The van der Waals surface area contributed by atoms with Crippen LogP contribution in [-0.4, -0.2) is 29.3 Å². The lowest BCUT2D eigenvalue weighted by Gasteiger charge is -2.32. The highest BCUT2D eigenvalue weighted by Crippen LogP contribution is 2.20. The van der Waals surface area contributed by atoms with Crippen molar-refractivity contribution in [1.29, 1.82) is 0 Å². The summed E-state index contributed by atoms with van der Waals surface area (Å²) in [6.07, 6.45) is 0.667. The Kier molecular flexibility index (Phi) is 9.50. The summed E-state index contributed by atoms with van der Waals surface area (Å²) in [5.74, 6) is 0.0848. The van der Waals surface area contributed by atoms with Crippen LogP contribution in [0.15, 0.2) is 72.8 Å². The largest absolute Gasteiger partial charge is 0.354 e. The summed E-state index contributed by atoms with van der Waals surface area (Å²) in [5, 5.41) is 3.67. The third-order valence-electron chi connectivity index (χ3n) is 6.04. The molecule has 0 aromatic heterocycles. The second kappa shape index (κ2) is 12.6. The van der Waals surface area contributed by atoms with Crippen molar-refractivity contribution in [3.05, 3.63) is 106 Å². The van der Waals surface area contributed by atoms with Crippen LogP contribution in [0.2, 0.25) is 5.02 Å². The molecule has 3 rings (SSSR count). The first kappa shape index (κ1) is 26.5. The first-order valence-corrected chi connectivity index (χ1v) is 12.5. The molecule has 0 unspecified atom stereocenters. The zero-order chi connectivity index (χ0) is 25.4. The van der Waals surface area contributed by atoms with E-state index in [9.17, 15) is 9.59 Å². The molecule has 3 aromatic rings. The van der Waals surface area contributed by atoms with Gasteiger partial charge in [0, 0.05) is 24.5 Å². The molecule has 3 aromatic carbocycles. The molecule has 0 radical (unpaired) electrons. The van der Waals surface area contributed by atoms with E-state index in [4.69, 9.17) is 11.6 Å². The number of hydrogen-bond donors (Lipinski definition) is 1. The number of halogens is 1. The van der Waals surface area contributed by atoms with E-state index in [2.05, 4.69) is 25.2 Å². The lowest BCUT2D eigenvalue weighted by molar-refractivity contribution is -0.140. The van der Waals surface area contributed by atoms with Crippen molar-refractivity contribution in [2.45, 2.75) is 53.1 Å². The quantitative estimate of drug-likeness (QED) is 0.384. The summed E-state index contributed by atoms with van der Waals surface area (Å²) < 4.78 is 0. The van der Waals surface area contributed by atoms with E-state index in [-0.39, 0.29) is 18.2 Å². The molecule has 5 heteroatoms. The number of benzene rings is 3. The predicted molar refractivity (Wildman–Crippen MR) is 143 cm³/mol. The van der Waals surface area contributed by atoms with E-state index < -0.39 is 6.04 Å². The molecular weight excluding hydrogens is 456 g/mol. The first-order chi connectivity index (χ1) is 16.7. The van der Waals surface area contributed by atoms with Crippen LogP contribution < -0.4 is 5.32 Å². The Balaban J connectivity index is 1.98. The molecule has 0 spiro atoms. The zero-order valence-corrected chi connectivity index (χ0v) is 21.8. The van der Waals surface area contributed by atoms with E-state index in [0.717, 1.165) is 27.8 Å². The minimum Gasteiger partial charge on any atom is -0.354 e. The summed E-state index contributed by atoms with van der Waals surface area (Å²) in [6, 6.07) is 22.8. The average Bonchev–Trinajstić information content (AvgIpc) is 2.82. The molecule has 0 saturated carbocycles. The van der Waals surface area contributed by atoms with Crippen LogP contribution in [0.1, 0.15) is 41.7 Å². The molecule has 4 nitrogen and oxygen atoms in total. The van der Waals surface area contributed by atoms with E-state index in [1.54, 1.807) is 4.90 Å². The number of amides is 2. The van der Waals surface area contributed by atoms with Crippen molar-refractivity contribution in [2.75, 3.05) is 6.54 Å². The molecule has 0 saturated heterocycles. The molecule has 0 aliphatic carbocycles. The highest BCUT2D eigenvalue weighted by atomic mass is 35.5. The standard InChI is InChI=1S/C30H35ClN2O2/c1-21(2)19-32-30(35)28(17-24-9-6-5-7-10-24)33(20-25-11-8-12-27(31)16-25)29(34)18-26-15-22(3)13-14-23(26)4/h5-16,21,28H,17-20H2,1-4H3,(H,32,35)/t28-/m0/s1. The van der Waals surface area contributed by atoms with Gasteiger partial charge in [-0.15, -0.1) is 0 Å². The van der Waals surface area contributed by atoms with Crippen LogP contribution in [-0.2, 0) is 29.0 Å². The Morgan fingerprint density at radius 3 is 2.31 bits per heavy atom. The van der Waals surface area contributed by atoms with Gasteiger partial charge in [-0.1, -0.05) is 91.7 Å². The Morgan fingerprint density at radius 2 is 1.63 bits per heavy atom. The molecule has 35 heavy (non-hydrogen) atoms. The van der Waals surface area contributed by atoms with Gasteiger partial charge in [-0.2, -0.15) is 0 Å². The first-order valence-electron chi connectivity index (χ1n) is 12.1. The minimum absolute atomic E-state index is 0.0840. The lowest BCUT2D eigenvalue weighted by Crippen LogP contribution is -2.51. The average molecular weight is 491 g/mol. The van der Waals surface area contributed by atoms with E-state index in [1.807, 2.05) is 80.6 Å². The number of hydrogen-bond acceptors (Lipinski definition) is 2. The van der Waals surface area contributed by atoms with Crippen molar-refractivity contribution >= 4 is 23.4 Å². The molecule has 0 aliphatic rings. The molecule has 0 fully saturated rings. The summed E-state index contributed by atoms with van der Waals surface area (Å²) in [4.78, 5) is 29.1. The molecular formula is C30H35ClN2O2. The topological polar surface area (TPSA) is 49.4 Å². The third kappa shape index (κ3) is 7.97. The van der Waals surface area contributed by atoms with Gasteiger partial charge in [0.05, 0.1) is 6.42 Å². The maximum Gasteiger partial charge on any atom is 0.243 e. The Bertz CT molecular complexity index is 1140. The molecule has 0 bridgehead atoms. The Labute approximate surface area is 214 Å². The monoisotopic (exact) mass is 490 g/mol. The maximum atomic E-state index is 13.9. The van der Waals surface area contributed by atoms with Crippen molar-refractivity contribution in [3.8, 4) is 0 Å². The van der Waals surface area contributed by atoms with Gasteiger partial charge in [0.15, 0.2) is 0 Å². The van der Waals surface area contributed by atoms with Gasteiger partial charge in [0.2, 0.25) is 11.8 Å². The smallest absolute Gasteiger partial charge is 0.243 e. The second-order valence-corrected chi connectivity index (χ2v) is 10.0. The summed E-state index contributed by atoms with van der Waals surface area (Å²) >= 11 is 6.25. The van der Waals surface area contributed by atoms with Crippen LogP contribution in [0.3, 0.4) is 0 Å². The molecule has 0 heterocycles. The van der Waals surface area contributed by atoms with E-state index >= 15 is 0 Å². The third-order valence-corrected chi connectivity index (χ3v) is 6.28. The number of rotatable bonds is 10. The Hall–Kier alpha value is -3.11. The number of aryl methyl sites for hydroxylation is 2. The molecule has 1 atom stereocenters. The van der Waals surface area contributed by atoms with Gasteiger partial charge in [-0.3, -0.25) is 9.59 Å². The highest BCUT2D eigenvalue weighted by Gasteiger charge is 2.30. The van der Waals surface area contributed by atoms with Crippen molar-refractivity contribution in [1.82, 2.24) is 10.2 Å². The van der Waals surface area contributed by atoms with Crippen molar-refractivity contribution in [3.63, 3.8) is 0 Å². The molecule has 1 N–H and O–H groups in total. The van der Waals surface area contributed by atoms with Crippen LogP contribution in [0.5, 0.6) is 0 Å². The van der Waals surface area contributed by atoms with E-state index in [1.165, 1.54) is 0 Å². The van der Waals surface area contributed by atoms with Crippen molar-refractivity contribution < 1.29 is 9.59 Å². The Morgan fingerprint density at radius 1 is 0.914 bits per heavy atom. The fourth-order valence-corrected chi connectivity index (χ4v) is 4.28. The number of nitrogens with one attached hydrogen (secondary N) is 1. The van der Waals surface area contributed by atoms with E-state index in [0.29, 0.717) is 30.5 Å². The van der Waals surface area contributed by atoms with Gasteiger partial charge in [0.25, 0.3) is 0 Å². The van der Waals surface area contributed by atoms with Gasteiger partial charge >= 0.3 is 0 Å². The number of carbonyl (C=O) groups excluding carboxylic acids is 2. The molecule has 184 valence electrons. The predicted octanol–water partition coefficient (Wildman–Crippen LogP) is 5.91. The van der Waals surface area contributed by atoms with Crippen molar-refractivity contribution in [2.24, 2.45) is 5.92 Å². The van der Waals surface area contributed by atoms with Crippen LogP contribution >= 0.6 is 11.6 Å². The highest BCUT2D eigenvalue weighted by molar-refractivity contribution is 6.30. The summed E-state index contributed by atoms with van der Waals surface area (Å²) in [5.41, 5.74) is 5.05. The summed E-state index contributed by atoms with van der Waals surface area (Å²) in [6.45, 7) is 9.01. The maximum absolute atomic E-state index is 13.9. The van der Waals surface area contributed by atoms with Gasteiger partial charge in [-0.25, -0.2) is 0 Å². The normalized spacial score (nSPS) is 11.8. The second-order valence-electron chi connectivity index (χ2n) is 9.60. The zero-order valence-electron chi connectivity index (χ0n) is 21.1. The van der Waals surface area contributed by atoms with Crippen LogP contribution in [0, 0.1) is 19.8 Å². The minimum atomic E-state index is -0.646. The van der Waals surface area contributed by atoms with Gasteiger partial charge < -0.3 is 10.2 Å². The fraction of sp³-hybridized carbons (Fsp3) is 0.333. The van der Waals surface area contributed by atoms with Gasteiger partial charge in [-0.05, 0) is 54.2 Å². The van der Waals surface area contributed by atoms with Gasteiger partial charge in [0.1, 0.15) is 6.04 Å². The lowest BCUT2D eigenvalue weighted by atomic mass is 9.99. The van der Waals surface area contributed by atoms with Crippen LogP contribution in [0.25, 0.3) is 0 Å². The summed E-state index contributed by atoms with van der Waals surface area (Å²) in [7, 11) is 0.